The van der Waals surface area contributed by atoms with Gasteiger partial charge in [0, 0.05) is 38.6 Å². The zero-order valence-electron chi connectivity index (χ0n) is 18.9. The van der Waals surface area contributed by atoms with Crippen molar-refractivity contribution in [2.45, 2.75) is 51.1 Å². The summed E-state index contributed by atoms with van der Waals surface area (Å²) in [6.45, 7) is 6.85. The van der Waals surface area contributed by atoms with Crippen LogP contribution in [0.5, 0.6) is 0 Å². The topological polar surface area (TPSA) is 78.0 Å². The standard InChI is InChI=1S/C23H36FN5O2.HI/c1-2-25-23(26-12-11-22(30)28-20-5-3-4-6-20)27-17-21(29-13-15-31-16-14-29)18-7-9-19(24)10-8-18;/h7-10,20-21H,2-6,11-17H2,1H3,(H,28,30)(H2,25,26,27);1H. The molecule has 32 heavy (non-hydrogen) atoms. The third kappa shape index (κ3) is 8.82. The van der Waals surface area contributed by atoms with E-state index >= 15 is 0 Å². The van der Waals surface area contributed by atoms with Crippen LogP contribution in [-0.2, 0) is 9.53 Å². The van der Waals surface area contributed by atoms with E-state index < -0.39 is 0 Å². The number of nitrogens with one attached hydrogen (secondary N) is 3. The van der Waals surface area contributed by atoms with Crippen LogP contribution in [0.1, 0.15) is 50.6 Å². The van der Waals surface area contributed by atoms with Crippen LogP contribution in [0.3, 0.4) is 0 Å². The zero-order chi connectivity index (χ0) is 21.9. The van der Waals surface area contributed by atoms with E-state index in [0.29, 0.717) is 44.7 Å². The van der Waals surface area contributed by atoms with Gasteiger partial charge in [-0.15, -0.1) is 24.0 Å². The predicted molar refractivity (Wildman–Crippen MR) is 136 cm³/mol. The van der Waals surface area contributed by atoms with Crippen LogP contribution >= 0.6 is 24.0 Å². The van der Waals surface area contributed by atoms with Gasteiger partial charge in [0.05, 0.1) is 25.8 Å². The number of ether oxygens (including phenoxy) is 1. The molecule has 1 saturated carbocycles. The van der Waals surface area contributed by atoms with E-state index in [1.54, 1.807) is 0 Å². The smallest absolute Gasteiger partial charge is 0.221 e. The van der Waals surface area contributed by atoms with E-state index in [4.69, 9.17) is 9.73 Å². The van der Waals surface area contributed by atoms with E-state index in [0.717, 1.165) is 38.0 Å². The minimum Gasteiger partial charge on any atom is -0.379 e. The summed E-state index contributed by atoms with van der Waals surface area (Å²) >= 11 is 0. The molecule has 2 aliphatic rings. The van der Waals surface area contributed by atoms with Crippen molar-refractivity contribution in [1.82, 2.24) is 20.9 Å². The van der Waals surface area contributed by atoms with E-state index in [1.807, 2.05) is 19.1 Å². The number of nitrogens with zero attached hydrogens (tertiary/aromatic N) is 2. The maximum absolute atomic E-state index is 13.4. The van der Waals surface area contributed by atoms with Crippen molar-refractivity contribution in [2.75, 3.05) is 45.9 Å². The first-order chi connectivity index (χ1) is 15.2. The normalized spacial score (nSPS) is 18.6. The molecule has 0 radical (unpaired) electrons. The summed E-state index contributed by atoms with van der Waals surface area (Å²) in [6.07, 6.45) is 5.02. The minimum absolute atomic E-state index is 0. The van der Waals surface area contributed by atoms with Crippen LogP contribution < -0.4 is 16.0 Å². The van der Waals surface area contributed by atoms with Crippen LogP contribution in [0.25, 0.3) is 0 Å². The first-order valence-corrected chi connectivity index (χ1v) is 11.5. The van der Waals surface area contributed by atoms with Crippen molar-refractivity contribution in [3.8, 4) is 0 Å². The van der Waals surface area contributed by atoms with Gasteiger partial charge < -0.3 is 20.7 Å². The average Bonchev–Trinajstić information content (AvgIpc) is 3.28. The molecule has 1 saturated heterocycles. The Kier molecular flexibility index (Phi) is 12.3. The lowest BCUT2D eigenvalue weighted by Crippen LogP contribution is -2.42. The Hall–Kier alpha value is -1.46. The number of halogens is 2. The number of guanidine groups is 1. The fourth-order valence-corrected chi connectivity index (χ4v) is 4.19. The first-order valence-electron chi connectivity index (χ1n) is 11.5. The van der Waals surface area contributed by atoms with Gasteiger partial charge in [-0.1, -0.05) is 25.0 Å². The Balaban J connectivity index is 0.00000363. The number of benzene rings is 1. The fraction of sp³-hybridized carbons (Fsp3) is 0.652. The predicted octanol–water partition coefficient (Wildman–Crippen LogP) is 2.82. The molecule has 1 unspecified atom stereocenters. The van der Waals surface area contributed by atoms with Crippen LogP contribution in [0.15, 0.2) is 29.3 Å². The molecule has 1 amide bonds. The second-order valence-electron chi connectivity index (χ2n) is 8.16. The number of rotatable bonds is 9. The summed E-state index contributed by atoms with van der Waals surface area (Å²) in [5, 5.41) is 9.64. The Morgan fingerprint density at radius 1 is 1.19 bits per heavy atom. The molecular formula is C23H37FIN5O2. The van der Waals surface area contributed by atoms with E-state index in [9.17, 15) is 9.18 Å². The number of hydrogen-bond acceptors (Lipinski definition) is 4. The van der Waals surface area contributed by atoms with E-state index in [-0.39, 0.29) is 41.7 Å². The molecule has 1 aliphatic carbocycles. The molecule has 3 rings (SSSR count). The summed E-state index contributed by atoms with van der Waals surface area (Å²) in [4.78, 5) is 19.3. The number of carbonyl (C=O) groups excluding carboxylic acids is 1. The van der Waals surface area contributed by atoms with Gasteiger partial charge in [-0.3, -0.25) is 14.7 Å². The molecule has 0 aromatic heterocycles. The Morgan fingerprint density at radius 2 is 1.88 bits per heavy atom. The second kappa shape index (κ2) is 14.6. The number of morpholine rings is 1. The summed E-state index contributed by atoms with van der Waals surface area (Å²) in [7, 11) is 0. The van der Waals surface area contributed by atoms with Crippen molar-refractivity contribution < 1.29 is 13.9 Å². The summed E-state index contributed by atoms with van der Waals surface area (Å²) in [5.41, 5.74) is 1.04. The van der Waals surface area contributed by atoms with Gasteiger partial charge >= 0.3 is 0 Å². The van der Waals surface area contributed by atoms with Crippen LogP contribution in [-0.4, -0.2) is 68.7 Å². The number of hydrogen-bond donors (Lipinski definition) is 3. The molecule has 7 nitrogen and oxygen atoms in total. The molecular weight excluding hydrogens is 524 g/mol. The number of carbonyl (C=O) groups is 1. The maximum Gasteiger partial charge on any atom is 0.221 e. The van der Waals surface area contributed by atoms with E-state index in [1.165, 1.54) is 25.0 Å². The van der Waals surface area contributed by atoms with Gasteiger partial charge in [-0.25, -0.2) is 4.39 Å². The molecule has 180 valence electrons. The van der Waals surface area contributed by atoms with Gasteiger partial charge in [-0.05, 0) is 37.5 Å². The van der Waals surface area contributed by atoms with Crippen LogP contribution in [0.2, 0.25) is 0 Å². The van der Waals surface area contributed by atoms with Gasteiger partial charge in [-0.2, -0.15) is 0 Å². The SMILES string of the molecule is CCNC(=NCC(c1ccc(F)cc1)N1CCOCC1)NCCC(=O)NC1CCCC1.I. The summed E-state index contributed by atoms with van der Waals surface area (Å²) in [6, 6.07) is 7.06. The highest BCUT2D eigenvalue weighted by molar-refractivity contribution is 14.0. The van der Waals surface area contributed by atoms with Crippen LogP contribution in [0, 0.1) is 5.82 Å². The molecule has 1 heterocycles. The maximum atomic E-state index is 13.4. The lowest BCUT2D eigenvalue weighted by Gasteiger charge is -2.34. The lowest BCUT2D eigenvalue weighted by atomic mass is 10.0. The van der Waals surface area contributed by atoms with Gasteiger partial charge in [0.25, 0.3) is 0 Å². The average molecular weight is 561 g/mol. The molecule has 0 bridgehead atoms. The highest BCUT2D eigenvalue weighted by Crippen LogP contribution is 2.23. The largest absolute Gasteiger partial charge is 0.379 e. The van der Waals surface area contributed by atoms with Gasteiger partial charge in [0.15, 0.2) is 5.96 Å². The van der Waals surface area contributed by atoms with Crippen molar-refractivity contribution in [2.24, 2.45) is 4.99 Å². The number of amides is 1. The molecule has 1 aliphatic heterocycles. The molecule has 1 aromatic carbocycles. The fourth-order valence-electron chi connectivity index (χ4n) is 4.19. The lowest BCUT2D eigenvalue weighted by molar-refractivity contribution is -0.121. The second-order valence-corrected chi connectivity index (χ2v) is 8.16. The molecule has 1 atom stereocenters. The van der Waals surface area contributed by atoms with Gasteiger partial charge in [0.2, 0.25) is 5.91 Å². The molecule has 0 spiro atoms. The van der Waals surface area contributed by atoms with Crippen molar-refractivity contribution in [3.05, 3.63) is 35.6 Å². The molecule has 2 fully saturated rings. The van der Waals surface area contributed by atoms with Crippen LogP contribution in [0.4, 0.5) is 4.39 Å². The molecule has 9 heteroatoms. The first kappa shape index (κ1) is 26.8. The Morgan fingerprint density at radius 3 is 2.53 bits per heavy atom. The third-order valence-electron chi connectivity index (χ3n) is 5.87. The quantitative estimate of drug-likeness (QED) is 0.246. The third-order valence-corrected chi connectivity index (χ3v) is 5.87. The highest BCUT2D eigenvalue weighted by Gasteiger charge is 2.23. The number of aliphatic imine (C=N–C) groups is 1. The van der Waals surface area contributed by atoms with E-state index in [2.05, 4.69) is 20.9 Å². The monoisotopic (exact) mass is 561 g/mol. The summed E-state index contributed by atoms with van der Waals surface area (Å²) in [5.74, 6) is 0.545. The van der Waals surface area contributed by atoms with Gasteiger partial charge in [0.1, 0.15) is 5.82 Å². The summed E-state index contributed by atoms with van der Waals surface area (Å²) < 4.78 is 18.9. The van der Waals surface area contributed by atoms with Crippen molar-refractivity contribution >= 4 is 35.8 Å². The van der Waals surface area contributed by atoms with Crippen molar-refractivity contribution in [1.29, 1.82) is 0 Å². The molecule has 3 N–H and O–H groups in total. The highest BCUT2D eigenvalue weighted by atomic mass is 127. The zero-order valence-corrected chi connectivity index (χ0v) is 21.3. The molecule has 1 aromatic rings. The Bertz CT molecular complexity index is 707. The Labute approximate surface area is 208 Å². The van der Waals surface area contributed by atoms with Crippen molar-refractivity contribution in [3.63, 3.8) is 0 Å². The minimum atomic E-state index is -0.237.